The van der Waals surface area contributed by atoms with Crippen molar-refractivity contribution in [3.8, 4) is 0 Å². The SMILES string of the molecule is CCN1CCN(C(=O)NCC(C)Cn2cccn2)CC1. The summed E-state index contributed by atoms with van der Waals surface area (Å²) >= 11 is 0. The Bertz CT molecular complexity index is 398. The molecular weight excluding hydrogens is 254 g/mol. The third-order valence-electron chi connectivity index (χ3n) is 3.77. The lowest BCUT2D eigenvalue weighted by molar-refractivity contribution is 0.142. The first-order chi connectivity index (χ1) is 9.69. The second kappa shape index (κ2) is 7.28. The molecule has 1 N–H and O–H groups in total. The van der Waals surface area contributed by atoms with Gasteiger partial charge in [-0.25, -0.2) is 4.79 Å². The van der Waals surface area contributed by atoms with Gasteiger partial charge in [0, 0.05) is 51.7 Å². The summed E-state index contributed by atoms with van der Waals surface area (Å²) in [5.41, 5.74) is 0. The van der Waals surface area contributed by atoms with E-state index in [1.165, 1.54) is 0 Å². The van der Waals surface area contributed by atoms with Gasteiger partial charge in [0.25, 0.3) is 0 Å². The van der Waals surface area contributed by atoms with Gasteiger partial charge in [0.15, 0.2) is 0 Å². The summed E-state index contributed by atoms with van der Waals surface area (Å²) in [4.78, 5) is 16.3. The number of aromatic nitrogens is 2. The minimum Gasteiger partial charge on any atom is -0.338 e. The zero-order valence-corrected chi connectivity index (χ0v) is 12.5. The van der Waals surface area contributed by atoms with E-state index in [-0.39, 0.29) is 6.03 Å². The van der Waals surface area contributed by atoms with Crippen LogP contribution < -0.4 is 5.32 Å². The lowest BCUT2D eigenvalue weighted by Crippen LogP contribution is -2.52. The smallest absolute Gasteiger partial charge is 0.317 e. The van der Waals surface area contributed by atoms with Gasteiger partial charge in [-0.15, -0.1) is 0 Å². The second-order valence-electron chi connectivity index (χ2n) is 5.44. The van der Waals surface area contributed by atoms with Crippen LogP contribution in [0.5, 0.6) is 0 Å². The summed E-state index contributed by atoms with van der Waals surface area (Å²) in [5.74, 6) is 0.371. The van der Waals surface area contributed by atoms with Gasteiger partial charge in [0.05, 0.1) is 0 Å². The van der Waals surface area contributed by atoms with Crippen molar-refractivity contribution in [2.75, 3.05) is 39.3 Å². The topological polar surface area (TPSA) is 53.4 Å². The number of amides is 2. The Hall–Kier alpha value is -1.56. The third-order valence-corrected chi connectivity index (χ3v) is 3.77. The maximum absolute atomic E-state index is 12.1. The number of piperazine rings is 1. The molecule has 1 aliphatic rings. The lowest BCUT2D eigenvalue weighted by atomic mass is 10.2. The predicted molar refractivity (Wildman–Crippen MR) is 78.5 cm³/mol. The first-order valence-corrected chi connectivity index (χ1v) is 7.41. The van der Waals surface area contributed by atoms with Gasteiger partial charge in [-0.1, -0.05) is 13.8 Å². The molecule has 1 aromatic rings. The van der Waals surface area contributed by atoms with Crippen LogP contribution in [-0.4, -0.2) is 64.9 Å². The van der Waals surface area contributed by atoms with Crippen LogP contribution in [0.15, 0.2) is 18.5 Å². The molecule has 2 rings (SSSR count). The molecule has 1 aliphatic heterocycles. The van der Waals surface area contributed by atoms with Crippen molar-refractivity contribution < 1.29 is 4.79 Å². The summed E-state index contributed by atoms with van der Waals surface area (Å²) < 4.78 is 1.90. The summed E-state index contributed by atoms with van der Waals surface area (Å²) in [6, 6.07) is 1.98. The molecular formula is C14H25N5O. The molecule has 6 nitrogen and oxygen atoms in total. The molecule has 2 heterocycles. The number of hydrogen-bond acceptors (Lipinski definition) is 3. The largest absolute Gasteiger partial charge is 0.338 e. The molecule has 1 fully saturated rings. The Labute approximate surface area is 120 Å². The second-order valence-corrected chi connectivity index (χ2v) is 5.44. The first kappa shape index (κ1) is 14.8. The van der Waals surface area contributed by atoms with E-state index >= 15 is 0 Å². The van der Waals surface area contributed by atoms with Crippen LogP contribution in [0.4, 0.5) is 4.79 Å². The summed E-state index contributed by atoms with van der Waals surface area (Å²) in [6.45, 7) is 10.5. The van der Waals surface area contributed by atoms with Crippen LogP contribution in [0.3, 0.4) is 0 Å². The quantitative estimate of drug-likeness (QED) is 0.870. The minimum atomic E-state index is 0.0630. The molecule has 1 atom stereocenters. The molecule has 6 heteroatoms. The van der Waals surface area contributed by atoms with Crippen molar-refractivity contribution in [2.45, 2.75) is 20.4 Å². The van der Waals surface area contributed by atoms with Crippen LogP contribution in [-0.2, 0) is 6.54 Å². The van der Waals surface area contributed by atoms with E-state index < -0.39 is 0 Å². The fourth-order valence-electron chi connectivity index (χ4n) is 2.43. The number of nitrogens with one attached hydrogen (secondary N) is 1. The van der Waals surface area contributed by atoms with E-state index in [0.29, 0.717) is 12.5 Å². The van der Waals surface area contributed by atoms with Crippen LogP contribution in [0.25, 0.3) is 0 Å². The van der Waals surface area contributed by atoms with Gasteiger partial charge < -0.3 is 15.1 Å². The Morgan fingerprint density at radius 3 is 2.70 bits per heavy atom. The van der Waals surface area contributed by atoms with E-state index in [9.17, 15) is 4.79 Å². The van der Waals surface area contributed by atoms with Crippen molar-refractivity contribution >= 4 is 6.03 Å². The molecule has 112 valence electrons. The zero-order chi connectivity index (χ0) is 14.4. The van der Waals surface area contributed by atoms with Gasteiger partial charge in [0.1, 0.15) is 0 Å². The van der Waals surface area contributed by atoms with E-state index in [1.54, 1.807) is 6.20 Å². The van der Waals surface area contributed by atoms with Crippen molar-refractivity contribution in [2.24, 2.45) is 5.92 Å². The average molecular weight is 279 g/mol. The van der Waals surface area contributed by atoms with E-state index in [2.05, 4.69) is 29.2 Å². The van der Waals surface area contributed by atoms with Crippen molar-refractivity contribution in [1.82, 2.24) is 24.9 Å². The highest BCUT2D eigenvalue weighted by Gasteiger charge is 2.20. The summed E-state index contributed by atoms with van der Waals surface area (Å²) in [7, 11) is 0. The number of carbonyl (C=O) groups is 1. The molecule has 2 amide bonds. The number of likely N-dealkylation sites (N-methyl/N-ethyl adjacent to an activating group) is 1. The van der Waals surface area contributed by atoms with E-state index in [4.69, 9.17) is 0 Å². The average Bonchev–Trinajstić information content (AvgIpc) is 2.97. The van der Waals surface area contributed by atoms with Gasteiger partial charge in [-0.3, -0.25) is 4.68 Å². The maximum atomic E-state index is 12.1. The van der Waals surface area contributed by atoms with Gasteiger partial charge in [-0.2, -0.15) is 5.10 Å². The third kappa shape index (κ3) is 4.23. The maximum Gasteiger partial charge on any atom is 0.317 e. The number of hydrogen-bond donors (Lipinski definition) is 1. The first-order valence-electron chi connectivity index (χ1n) is 7.41. The normalized spacial score (nSPS) is 18.0. The number of nitrogens with zero attached hydrogens (tertiary/aromatic N) is 4. The highest BCUT2D eigenvalue weighted by atomic mass is 16.2. The molecule has 1 aromatic heterocycles. The minimum absolute atomic E-state index is 0.0630. The number of rotatable bonds is 5. The van der Waals surface area contributed by atoms with Crippen LogP contribution >= 0.6 is 0 Å². The van der Waals surface area contributed by atoms with Crippen molar-refractivity contribution in [3.05, 3.63) is 18.5 Å². The van der Waals surface area contributed by atoms with Crippen LogP contribution in [0.2, 0.25) is 0 Å². The van der Waals surface area contributed by atoms with E-state index in [0.717, 1.165) is 39.3 Å². The standard InChI is InChI=1S/C14H25N5O/c1-3-17-7-9-18(10-8-17)14(20)15-11-13(2)12-19-6-4-5-16-19/h4-6,13H,3,7-12H2,1-2H3,(H,15,20). The monoisotopic (exact) mass is 279 g/mol. The molecule has 0 aliphatic carbocycles. The molecule has 0 radical (unpaired) electrons. The summed E-state index contributed by atoms with van der Waals surface area (Å²) in [5, 5.41) is 7.20. The summed E-state index contributed by atoms with van der Waals surface area (Å²) in [6.07, 6.45) is 3.72. The molecule has 1 saturated heterocycles. The highest BCUT2D eigenvalue weighted by molar-refractivity contribution is 5.74. The fraction of sp³-hybridized carbons (Fsp3) is 0.714. The van der Waals surface area contributed by atoms with E-state index in [1.807, 2.05) is 21.8 Å². The number of carbonyl (C=O) groups excluding carboxylic acids is 1. The van der Waals surface area contributed by atoms with Crippen molar-refractivity contribution in [1.29, 1.82) is 0 Å². The number of urea groups is 1. The zero-order valence-electron chi connectivity index (χ0n) is 12.5. The van der Waals surface area contributed by atoms with Crippen LogP contribution in [0, 0.1) is 5.92 Å². The molecule has 0 aromatic carbocycles. The molecule has 0 spiro atoms. The van der Waals surface area contributed by atoms with Crippen LogP contribution in [0.1, 0.15) is 13.8 Å². The van der Waals surface area contributed by atoms with Gasteiger partial charge in [0.2, 0.25) is 0 Å². The molecule has 0 bridgehead atoms. The highest BCUT2D eigenvalue weighted by Crippen LogP contribution is 2.03. The predicted octanol–water partition coefficient (Wildman–Crippen LogP) is 0.866. The van der Waals surface area contributed by atoms with Gasteiger partial charge >= 0.3 is 6.03 Å². The Kier molecular flexibility index (Phi) is 5.40. The molecule has 20 heavy (non-hydrogen) atoms. The Morgan fingerprint density at radius 2 is 2.10 bits per heavy atom. The van der Waals surface area contributed by atoms with Crippen molar-refractivity contribution in [3.63, 3.8) is 0 Å². The fourth-order valence-corrected chi connectivity index (χ4v) is 2.43. The Balaban J connectivity index is 1.67. The molecule has 1 unspecified atom stereocenters. The van der Waals surface area contributed by atoms with Gasteiger partial charge in [-0.05, 0) is 18.5 Å². The Morgan fingerprint density at radius 1 is 1.35 bits per heavy atom. The molecule has 0 saturated carbocycles. The lowest BCUT2D eigenvalue weighted by Gasteiger charge is -2.34.